The van der Waals surface area contributed by atoms with Crippen molar-refractivity contribution in [2.24, 2.45) is 0 Å². The highest BCUT2D eigenvalue weighted by Crippen LogP contribution is 2.22. The van der Waals surface area contributed by atoms with Crippen LogP contribution in [0.15, 0.2) is 0 Å². The van der Waals surface area contributed by atoms with Crippen molar-refractivity contribution < 1.29 is 9.53 Å². The molecule has 1 heterocycles. The van der Waals surface area contributed by atoms with Crippen LogP contribution in [0.1, 0.15) is 26.7 Å². The van der Waals surface area contributed by atoms with Crippen LogP contribution in [0.3, 0.4) is 0 Å². The van der Waals surface area contributed by atoms with Gasteiger partial charge in [-0.2, -0.15) is 5.26 Å². The number of amides is 1. The highest BCUT2D eigenvalue weighted by Gasteiger charge is 2.36. The molecular formula is C12H21N3O2. The first kappa shape index (κ1) is 13.9. The molecule has 0 aromatic rings. The summed E-state index contributed by atoms with van der Waals surface area (Å²) in [6, 6.07) is 1.68. The van der Waals surface area contributed by atoms with Crippen molar-refractivity contribution in [2.45, 2.75) is 38.3 Å². The molecule has 0 radical (unpaired) electrons. The van der Waals surface area contributed by atoms with Gasteiger partial charge in [0, 0.05) is 19.2 Å². The minimum Gasteiger partial charge on any atom is -0.383 e. The minimum atomic E-state index is -0.376. The van der Waals surface area contributed by atoms with Crippen molar-refractivity contribution in [3.8, 4) is 6.07 Å². The van der Waals surface area contributed by atoms with Crippen LogP contribution in [0, 0.1) is 11.3 Å². The van der Waals surface area contributed by atoms with Crippen LogP contribution in [0.2, 0.25) is 0 Å². The number of hydrogen-bond donors (Lipinski definition) is 1. The van der Waals surface area contributed by atoms with Gasteiger partial charge in [0.1, 0.15) is 0 Å². The fraction of sp³-hybridized carbons (Fsp3) is 0.833. The third kappa shape index (κ3) is 3.42. The molecule has 96 valence electrons. The summed E-state index contributed by atoms with van der Waals surface area (Å²) in [5.41, 5.74) is -0.188. The molecule has 1 rings (SSSR count). The van der Waals surface area contributed by atoms with E-state index in [-0.39, 0.29) is 23.9 Å². The highest BCUT2D eigenvalue weighted by molar-refractivity contribution is 5.83. The number of ether oxygens (including phenoxy) is 1. The first-order chi connectivity index (χ1) is 8.03. The monoisotopic (exact) mass is 239 g/mol. The van der Waals surface area contributed by atoms with Crippen LogP contribution in [-0.4, -0.2) is 49.2 Å². The predicted octanol–water partition coefficient (Wildman–Crippen LogP) is 0.516. The Hall–Kier alpha value is -1.12. The lowest BCUT2D eigenvalue weighted by Crippen LogP contribution is -2.52. The quantitative estimate of drug-likeness (QED) is 0.776. The Bertz CT molecular complexity index is 309. The first-order valence-corrected chi connectivity index (χ1v) is 5.93. The number of methoxy groups -OCH3 is 1. The maximum Gasteiger partial charge on any atom is 0.241 e. The Morgan fingerprint density at radius 3 is 2.94 bits per heavy atom. The Labute approximate surface area is 103 Å². The molecule has 1 aliphatic heterocycles. The maximum atomic E-state index is 12.3. The molecule has 17 heavy (non-hydrogen) atoms. The number of nitriles is 1. The van der Waals surface area contributed by atoms with Crippen molar-refractivity contribution in [1.82, 2.24) is 10.2 Å². The van der Waals surface area contributed by atoms with Crippen molar-refractivity contribution in [3.05, 3.63) is 0 Å². The van der Waals surface area contributed by atoms with E-state index in [1.165, 1.54) is 0 Å². The molecule has 5 heteroatoms. The van der Waals surface area contributed by atoms with Crippen LogP contribution in [-0.2, 0) is 9.53 Å². The molecule has 0 aromatic heterocycles. The van der Waals surface area contributed by atoms with E-state index in [4.69, 9.17) is 10.00 Å². The average molecular weight is 239 g/mol. The summed E-state index contributed by atoms with van der Waals surface area (Å²) in [4.78, 5) is 14.1. The molecule has 0 bridgehead atoms. The third-order valence-corrected chi connectivity index (χ3v) is 3.24. The fourth-order valence-electron chi connectivity index (χ4n) is 2.11. The number of hydrogen-bond acceptors (Lipinski definition) is 4. The zero-order valence-corrected chi connectivity index (χ0v) is 10.8. The van der Waals surface area contributed by atoms with Crippen molar-refractivity contribution >= 4 is 5.91 Å². The van der Waals surface area contributed by atoms with E-state index in [1.54, 1.807) is 7.11 Å². The van der Waals surface area contributed by atoms with E-state index < -0.39 is 0 Å². The van der Waals surface area contributed by atoms with Gasteiger partial charge >= 0.3 is 0 Å². The summed E-state index contributed by atoms with van der Waals surface area (Å²) < 4.78 is 5.04. The SMILES string of the molecule is COCCN1C(=O)C(CC#N)NCCC1(C)C. The van der Waals surface area contributed by atoms with Gasteiger partial charge in [0.15, 0.2) is 0 Å². The molecule has 5 nitrogen and oxygen atoms in total. The molecule has 1 amide bonds. The van der Waals surface area contributed by atoms with Gasteiger partial charge in [-0.3, -0.25) is 4.79 Å². The number of nitrogens with zero attached hydrogens (tertiary/aromatic N) is 2. The molecule has 1 aliphatic rings. The van der Waals surface area contributed by atoms with Gasteiger partial charge in [0.2, 0.25) is 5.91 Å². The second-order valence-corrected chi connectivity index (χ2v) is 4.91. The summed E-state index contributed by atoms with van der Waals surface area (Å²) >= 11 is 0. The van der Waals surface area contributed by atoms with E-state index in [0.29, 0.717) is 13.2 Å². The number of carbonyl (C=O) groups excluding carboxylic acids is 1. The van der Waals surface area contributed by atoms with Gasteiger partial charge in [-0.15, -0.1) is 0 Å². The molecule has 1 N–H and O–H groups in total. The van der Waals surface area contributed by atoms with Gasteiger partial charge < -0.3 is 15.0 Å². The lowest BCUT2D eigenvalue weighted by molar-refractivity contribution is -0.138. The zero-order chi connectivity index (χ0) is 12.9. The second kappa shape index (κ2) is 5.99. The number of nitrogens with one attached hydrogen (secondary N) is 1. The van der Waals surface area contributed by atoms with Gasteiger partial charge in [-0.25, -0.2) is 0 Å². The molecule has 1 saturated heterocycles. The van der Waals surface area contributed by atoms with Crippen molar-refractivity contribution in [3.63, 3.8) is 0 Å². The second-order valence-electron chi connectivity index (χ2n) is 4.91. The zero-order valence-electron chi connectivity index (χ0n) is 10.8. The van der Waals surface area contributed by atoms with Gasteiger partial charge in [-0.1, -0.05) is 0 Å². The summed E-state index contributed by atoms with van der Waals surface area (Å²) in [7, 11) is 1.63. The largest absolute Gasteiger partial charge is 0.383 e. The Morgan fingerprint density at radius 1 is 1.65 bits per heavy atom. The van der Waals surface area contributed by atoms with Crippen LogP contribution in [0.4, 0.5) is 0 Å². The summed E-state index contributed by atoms with van der Waals surface area (Å²) in [6.07, 6.45) is 1.10. The van der Waals surface area contributed by atoms with E-state index >= 15 is 0 Å². The summed E-state index contributed by atoms with van der Waals surface area (Å²) in [5, 5.41) is 11.9. The number of carbonyl (C=O) groups is 1. The summed E-state index contributed by atoms with van der Waals surface area (Å²) in [5.74, 6) is 0.00565. The van der Waals surface area contributed by atoms with Gasteiger partial charge in [-0.05, 0) is 26.8 Å². The molecule has 0 spiro atoms. The Kier molecular flexibility index (Phi) is 4.91. The highest BCUT2D eigenvalue weighted by atomic mass is 16.5. The van der Waals surface area contributed by atoms with E-state index in [9.17, 15) is 4.79 Å². The van der Waals surface area contributed by atoms with E-state index in [1.807, 2.05) is 4.90 Å². The Morgan fingerprint density at radius 2 is 2.35 bits per heavy atom. The third-order valence-electron chi connectivity index (χ3n) is 3.24. The molecular weight excluding hydrogens is 218 g/mol. The average Bonchev–Trinajstić information content (AvgIpc) is 2.36. The number of rotatable bonds is 4. The van der Waals surface area contributed by atoms with E-state index in [2.05, 4.69) is 25.2 Å². The topological polar surface area (TPSA) is 65.4 Å². The fourth-order valence-corrected chi connectivity index (χ4v) is 2.11. The molecule has 1 unspecified atom stereocenters. The molecule has 1 fully saturated rings. The van der Waals surface area contributed by atoms with Crippen molar-refractivity contribution in [1.29, 1.82) is 5.26 Å². The first-order valence-electron chi connectivity index (χ1n) is 5.93. The molecule has 0 aliphatic carbocycles. The van der Waals surface area contributed by atoms with Crippen LogP contribution >= 0.6 is 0 Å². The predicted molar refractivity (Wildman–Crippen MR) is 64.3 cm³/mol. The lowest BCUT2D eigenvalue weighted by Gasteiger charge is -2.37. The van der Waals surface area contributed by atoms with Gasteiger partial charge in [0.05, 0.1) is 25.1 Å². The van der Waals surface area contributed by atoms with Crippen molar-refractivity contribution in [2.75, 3.05) is 26.8 Å². The minimum absolute atomic E-state index is 0.00565. The standard InChI is InChI=1S/C12H21N3O2/c1-12(2)5-7-14-10(4-6-13)11(16)15(12)8-9-17-3/h10,14H,4-5,7-9H2,1-3H3. The molecule has 0 aromatic carbocycles. The summed E-state index contributed by atoms with van der Waals surface area (Å²) in [6.45, 7) is 5.96. The lowest BCUT2D eigenvalue weighted by atomic mass is 9.98. The van der Waals surface area contributed by atoms with Crippen LogP contribution < -0.4 is 5.32 Å². The van der Waals surface area contributed by atoms with Crippen LogP contribution in [0.25, 0.3) is 0 Å². The van der Waals surface area contributed by atoms with Crippen LogP contribution in [0.5, 0.6) is 0 Å². The van der Waals surface area contributed by atoms with E-state index in [0.717, 1.165) is 13.0 Å². The molecule has 1 atom stereocenters. The Balaban J connectivity index is 2.83. The van der Waals surface area contributed by atoms with Gasteiger partial charge in [0.25, 0.3) is 0 Å². The molecule has 0 saturated carbocycles. The maximum absolute atomic E-state index is 12.3. The normalized spacial score (nSPS) is 24.2. The smallest absolute Gasteiger partial charge is 0.241 e.